The molecule has 2 aliphatic heterocycles. The van der Waals surface area contributed by atoms with Gasteiger partial charge in [0.05, 0.1) is 0 Å². The molecular formula is C14H28N2S2. The molecule has 2 heterocycles. The van der Waals surface area contributed by atoms with Crippen LogP contribution in [0.25, 0.3) is 0 Å². The monoisotopic (exact) mass is 288 g/mol. The lowest BCUT2D eigenvalue weighted by Gasteiger charge is -2.40. The number of hydrogen-bond donors (Lipinski definition) is 1. The normalized spacial score (nSPS) is 34.7. The molecule has 2 fully saturated rings. The van der Waals surface area contributed by atoms with E-state index < -0.39 is 0 Å². The average Bonchev–Trinajstić information content (AvgIpc) is 2.40. The van der Waals surface area contributed by atoms with Crippen molar-refractivity contribution < 1.29 is 0 Å². The fraction of sp³-hybridized carbons (Fsp3) is 1.00. The van der Waals surface area contributed by atoms with Crippen LogP contribution in [0.15, 0.2) is 0 Å². The summed E-state index contributed by atoms with van der Waals surface area (Å²) in [4.78, 5) is 2.73. The van der Waals surface area contributed by atoms with E-state index in [1.54, 1.807) is 0 Å². The Morgan fingerprint density at radius 2 is 2.22 bits per heavy atom. The molecular weight excluding hydrogens is 260 g/mol. The Morgan fingerprint density at radius 1 is 1.33 bits per heavy atom. The third-order valence-corrected chi connectivity index (χ3v) is 6.85. The summed E-state index contributed by atoms with van der Waals surface area (Å²) < 4.78 is 0. The van der Waals surface area contributed by atoms with Crippen LogP contribution in [0.1, 0.15) is 33.1 Å². The summed E-state index contributed by atoms with van der Waals surface area (Å²) in [6.07, 6.45) is 3.93. The van der Waals surface area contributed by atoms with Gasteiger partial charge in [0.15, 0.2) is 0 Å². The predicted molar refractivity (Wildman–Crippen MR) is 85.9 cm³/mol. The number of nitrogens with one attached hydrogen (secondary N) is 1. The molecule has 0 radical (unpaired) electrons. The first-order valence-corrected chi connectivity index (χ1v) is 9.66. The minimum Gasteiger partial charge on any atom is -0.314 e. The van der Waals surface area contributed by atoms with Crippen LogP contribution in [0.5, 0.6) is 0 Å². The van der Waals surface area contributed by atoms with Gasteiger partial charge in [-0.05, 0) is 39.3 Å². The first kappa shape index (κ1) is 15.0. The number of likely N-dealkylation sites (tertiary alicyclic amines) is 1. The van der Waals surface area contributed by atoms with Gasteiger partial charge in [-0.15, -0.1) is 0 Å². The van der Waals surface area contributed by atoms with Crippen molar-refractivity contribution >= 4 is 23.5 Å². The second kappa shape index (κ2) is 8.03. The molecule has 3 atom stereocenters. The van der Waals surface area contributed by atoms with Crippen molar-refractivity contribution in [3.63, 3.8) is 0 Å². The smallest absolute Gasteiger partial charge is 0.0265 e. The van der Waals surface area contributed by atoms with Crippen molar-refractivity contribution in [3.8, 4) is 0 Å². The Hall–Kier alpha value is 0.620. The highest BCUT2D eigenvalue weighted by Gasteiger charge is 2.27. The molecule has 4 heteroatoms. The summed E-state index contributed by atoms with van der Waals surface area (Å²) in [7, 11) is 0. The maximum absolute atomic E-state index is 3.69. The second-order valence-electron chi connectivity index (χ2n) is 5.59. The Bertz CT molecular complexity index is 232. The van der Waals surface area contributed by atoms with Gasteiger partial charge in [0.25, 0.3) is 0 Å². The summed E-state index contributed by atoms with van der Waals surface area (Å²) in [5.41, 5.74) is 0. The van der Waals surface area contributed by atoms with Gasteiger partial charge in [0.2, 0.25) is 0 Å². The molecule has 2 nitrogen and oxygen atoms in total. The molecule has 106 valence electrons. The minimum absolute atomic E-state index is 0.764. The van der Waals surface area contributed by atoms with Gasteiger partial charge in [-0.3, -0.25) is 4.90 Å². The number of nitrogens with zero attached hydrogens (tertiary/aromatic N) is 1. The summed E-state index contributed by atoms with van der Waals surface area (Å²) >= 11 is 4.34. The molecule has 18 heavy (non-hydrogen) atoms. The quantitative estimate of drug-likeness (QED) is 0.836. The standard InChI is InChI=1S/C14H28N2S2/c1-3-5-15-13-4-6-16(12(2)9-13)10-14-11-17-7-8-18-14/h12-15H,3-11H2,1-2H3. The van der Waals surface area contributed by atoms with Crippen molar-refractivity contribution in [1.29, 1.82) is 0 Å². The number of piperidine rings is 1. The highest BCUT2D eigenvalue weighted by molar-refractivity contribution is 8.06. The summed E-state index contributed by atoms with van der Waals surface area (Å²) in [6.45, 7) is 8.47. The van der Waals surface area contributed by atoms with Crippen LogP contribution in [0, 0.1) is 0 Å². The van der Waals surface area contributed by atoms with Crippen LogP contribution in [0.4, 0.5) is 0 Å². The summed E-state index contributed by atoms with van der Waals surface area (Å²) in [6, 6.07) is 1.53. The van der Waals surface area contributed by atoms with E-state index >= 15 is 0 Å². The fourth-order valence-corrected chi connectivity index (χ4v) is 5.62. The Labute approximate surface area is 121 Å². The van der Waals surface area contributed by atoms with Gasteiger partial charge < -0.3 is 5.32 Å². The third-order valence-electron chi connectivity index (χ3n) is 4.02. The summed E-state index contributed by atoms with van der Waals surface area (Å²) in [5.74, 6) is 4.09. The largest absolute Gasteiger partial charge is 0.314 e. The van der Waals surface area contributed by atoms with Crippen LogP contribution in [-0.4, -0.2) is 59.1 Å². The van der Waals surface area contributed by atoms with Crippen LogP contribution in [-0.2, 0) is 0 Å². The molecule has 2 saturated heterocycles. The van der Waals surface area contributed by atoms with Gasteiger partial charge in [-0.1, -0.05) is 6.92 Å². The van der Waals surface area contributed by atoms with Gasteiger partial charge in [0.1, 0.15) is 0 Å². The number of hydrogen-bond acceptors (Lipinski definition) is 4. The van der Waals surface area contributed by atoms with Crippen molar-refractivity contribution in [2.24, 2.45) is 0 Å². The summed E-state index contributed by atoms with van der Waals surface area (Å²) in [5, 5.41) is 4.57. The molecule has 0 aromatic carbocycles. The van der Waals surface area contributed by atoms with E-state index in [2.05, 4.69) is 47.6 Å². The zero-order valence-corrected chi connectivity index (χ0v) is 13.5. The number of rotatable bonds is 5. The molecule has 1 N–H and O–H groups in total. The maximum atomic E-state index is 3.69. The molecule has 3 unspecified atom stereocenters. The highest BCUT2D eigenvalue weighted by atomic mass is 32.2. The molecule has 2 aliphatic rings. The van der Waals surface area contributed by atoms with Crippen LogP contribution >= 0.6 is 23.5 Å². The topological polar surface area (TPSA) is 15.3 Å². The predicted octanol–water partition coefficient (Wildman–Crippen LogP) is 2.69. The Kier molecular flexibility index (Phi) is 6.70. The molecule has 2 rings (SSSR count). The lowest BCUT2D eigenvalue weighted by atomic mass is 9.98. The third kappa shape index (κ3) is 4.62. The molecule has 0 saturated carbocycles. The fourth-order valence-electron chi connectivity index (χ4n) is 2.93. The van der Waals surface area contributed by atoms with Crippen molar-refractivity contribution in [2.45, 2.75) is 50.4 Å². The molecule has 0 aromatic rings. The second-order valence-corrected chi connectivity index (χ2v) is 8.15. The van der Waals surface area contributed by atoms with Crippen LogP contribution in [0.2, 0.25) is 0 Å². The molecule has 0 aromatic heterocycles. The van der Waals surface area contributed by atoms with Crippen molar-refractivity contribution in [1.82, 2.24) is 10.2 Å². The minimum atomic E-state index is 0.764. The van der Waals surface area contributed by atoms with Gasteiger partial charge in [0, 0.05) is 41.1 Å². The van der Waals surface area contributed by atoms with Gasteiger partial charge in [-0.25, -0.2) is 0 Å². The van der Waals surface area contributed by atoms with E-state index in [0.717, 1.165) is 17.3 Å². The Morgan fingerprint density at radius 3 is 2.89 bits per heavy atom. The lowest BCUT2D eigenvalue weighted by molar-refractivity contribution is 0.138. The maximum Gasteiger partial charge on any atom is 0.0265 e. The van der Waals surface area contributed by atoms with Crippen LogP contribution < -0.4 is 5.32 Å². The highest BCUT2D eigenvalue weighted by Crippen LogP contribution is 2.27. The van der Waals surface area contributed by atoms with E-state index in [1.165, 1.54) is 56.2 Å². The van der Waals surface area contributed by atoms with Crippen molar-refractivity contribution in [2.75, 3.05) is 36.9 Å². The molecule has 0 amide bonds. The lowest BCUT2D eigenvalue weighted by Crippen LogP contribution is -2.49. The zero-order chi connectivity index (χ0) is 12.8. The van der Waals surface area contributed by atoms with E-state index in [9.17, 15) is 0 Å². The first-order chi connectivity index (χ1) is 8.79. The van der Waals surface area contributed by atoms with E-state index in [4.69, 9.17) is 0 Å². The van der Waals surface area contributed by atoms with Gasteiger partial charge >= 0.3 is 0 Å². The zero-order valence-electron chi connectivity index (χ0n) is 11.9. The van der Waals surface area contributed by atoms with E-state index in [-0.39, 0.29) is 0 Å². The van der Waals surface area contributed by atoms with Crippen molar-refractivity contribution in [3.05, 3.63) is 0 Å². The Balaban J connectivity index is 1.71. The molecule has 0 bridgehead atoms. The molecule has 0 aliphatic carbocycles. The van der Waals surface area contributed by atoms with E-state index in [0.29, 0.717) is 0 Å². The number of thioether (sulfide) groups is 2. The van der Waals surface area contributed by atoms with Gasteiger partial charge in [-0.2, -0.15) is 23.5 Å². The first-order valence-electron chi connectivity index (χ1n) is 7.46. The average molecular weight is 289 g/mol. The van der Waals surface area contributed by atoms with E-state index in [1.807, 2.05) is 0 Å². The van der Waals surface area contributed by atoms with Crippen LogP contribution in [0.3, 0.4) is 0 Å². The SMILES string of the molecule is CCCNC1CCN(CC2CSCCS2)C(C)C1. The molecule has 0 spiro atoms.